The van der Waals surface area contributed by atoms with Crippen molar-refractivity contribution in [3.8, 4) is 11.3 Å². The molecule has 0 atom stereocenters. The van der Waals surface area contributed by atoms with E-state index in [1.165, 1.54) is 12.3 Å². The largest absolute Gasteiger partial charge is 0.269 e. The Kier molecular flexibility index (Phi) is 3.45. The second-order valence-electron chi connectivity index (χ2n) is 4.84. The second kappa shape index (κ2) is 5.10. The molecule has 2 aromatic rings. The van der Waals surface area contributed by atoms with Crippen LogP contribution < -0.4 is 4.31 Å². The van der Waals surface area contributed by atoms with Gasteiger partial charge in [-0.3, -0.25) is 0 Å². The van der Waals surface area contributed by atoms with Gasteiger partial charge in [0.15, 0.2) is 5.82 Å². The summed E-state index contributed by atoms with van der Waals surface area (Å²) in [6.07, 6.45) is 4.86. The number of rotatable bonds is 3. The summed E-state index contributed by atoms with van der Waals surface area (Å²) in [7, 11) is -7.61. The number of pyridine rings is 1. The summed E-state index contributed by atoms with van der Waals surface area (Å²) in [6.45, 7) is 3.58. The molecule has 1 aliphatic rings. The monoisotopic (exact) mass is 352 g/mol. The Morgan fingerprint density at radius 2 is 2.09 bits per heavy atom. The zero-order chi connectivity index (χ0) is 16.8. The normalized spacial score (nSPS) is 15.6. The van der Waals surface area contributed by atoms with E-state index in [1.54, 1.807) is 12.1 Å². The van der Waals surface area contributed by atoms with Gasteiger partial charge in [0, 0.05) is 18.0 Å². The van der Waals surface area contributed by atoms with Crippen LogP contribution in [-0.4, -0.2) is 44.6 Å². The Morgan fingerprint density at radius 1 is 1.35 bits per heavy atom. The van der Waals surface area contributed by atoms with Crippen LogP contribution in [0.3, 0.4) is 0 Å². The van der Waals surface area contributed by atoms with Gasteiger partial charge in [0.1, 0.15) is 4.90 Å². The predicted octanol–water partition coefficient (Wildman–Crippen LogP) is 0.637. The molecule has 0 bridgehead atoms. The fraction of sp³-hybridized carbons (Fsp3) is 0.154. The van der Waals surface area contributed by atoms with E-state index in [4.69, 9.17) is 0 Å². The summed E-state index contributed by atoms with van der Waals surface area (Å²) in [6, 6.07) is 3.25. The number of hydrogen-bond acceptors (Lipinski definition) is 7. The maximum absolute atomic E-state index is 12.7. The van der Waals surface area contributed by atoms with E-state index >= 15 is 0 Å². The standard InChI is InChI=1S/C13H12N4O4S2/c1-3-7-17-12-9(5-4-6-14-12)11-10(23(17,20)21)8-15-13(16-11)22(2,18)19/h3-6,8H,1,7H2,2H3. The lowest BCUT2D eigenvalue weighted by Crippen LogP contribution is -2.35. The van der Waals surface area contributed by atoms with E-state index in [0.29, 0.717) is 5.56 Å². The molecule has 0 aliphatic carbocycles. The van der Waals surface area contributed by atoms with Crippen LogP contribution in [0.2, 0.25) is 0 Å². The molecule has 0 aromatic carbocycles. The van der Waals surface area contributed by atoms with Crippen LogP contribution in [0.4, 0.5) is 5.82 Å². The Bertz CT molecular complexity index is 1020. The van der Waals surface area contributed by atoms with Crippen molar-refractivity contribution in [2.75, 3.05) is 17.1 Å². The second-order valence-corrected chi connectivity index (χ2v) is 8.58. The van der Waals surface area contributed by atoms with E-state index in [9.17, 15) is 16.8 Å². The Hall–Kier alpha value is -2.33. The minimum absolute atomic E-state index is 0.0274. The SMILES string of the molecule is C=CCN1c2ncccc2-c2nc(S(C)(=O)=O)ncc2S1(=O)=O. The molecule has 0 saturated heterocycles. The molecule has 10 heteroatoms. The average Bonchev–Trinajstić information content (AvgIpc) is 2.50. The van der Waals surface area contributed by atoms with Gasteiger partial charge in [0.05, 0.1) is 18.4 Å². The number of sulfonamides is 1. The van der Waals surface area contributed by atoms with Crippen molar-refractivity contribution in [3.63, 3.8) is 0 Å². The van der Waals surface area contributed by atoms with E-state index in [-0.39, 0.29) is 23.0 Å². The van der Waals surface area contributed by atoms with Gasteiger partial charge in [-0.25, -0.2) is 36.1 Å². The Labute approximate surface area is 133 Å². The van der Waals surface area contributed by atoms with Crippen LogP contribution in [0.25, 0.3) is 11.3 Å². The molecule has 3 rings (SSSR count). The fourth-order valence-electron chi connectivity index (χ4n) is 2.23. The molecule has 3 heterocycles. The summed E-state index contributed by atoms with van der Waals surface area (Å²) >= 11 is 0. The van der Waals surface area contributed by atoms with Crippen LogP contribution in [0, 0.1) is 0 Å². The summed E-state index contributed by atoms with van der Waals surface area (Å²) < 4.78 is 49.8. The molecule has 0 radical (unpaired) electrons. The average molecular weight is 352 g/mol. The molecule has 23 heavy (non-hydrogen) atoms. The molecule has 0 N–H and O–H groups in total. The molecule has 0 saturated carbocycles. The lowest BCUT2D eigenvalue weighted by molar-refractivity contribution is 0.584. The van der Waals surface area contributed by atoms with Crippen LogP contribution in [0.1, 0.15) is 0 Å². The third-order valence-electron chi connectivity index (χ3n) is 3.21. The molecule has 0 fully saturated rings. The van der Waals surface area contributed by atoms with Crippen LogP contribution in [0.15, 0.2) is 47.2 Å². The number of anilines is 1. The molecule has 0 amide bonds. The zero-order valence-electron chi connectivity index (χ0n) is 12.0. The highest BCUT2D eigenvalue weighted by molar-refractivity contribution is 7.93. The lowest BCUT2D eigenvalue weighted by Gasteiger charge is -2.29. The number of nitrogens with zero attached hydrogens (tertiary/aromatic N) is 4. The number of fused-ring (bicyclic) bond motifs is 3. The third-order valence-corrected chi connectivity index (χ3v) is 5.82. The molecule has 0 spiro atoms. The molecule has 120 valence electrons. The summed E-state index contributed by atoms with van der Waals surface area (Å²) in [5, 5.41) is -0.432. The van der Waals surface area contributed by atoms with E-state index in [2.05, 4.69) is 21.5 Å². The first-order valence-electron chi connectivity index (χ1n) is 6.43. The van der Waals surface area contributed by atoms with Gasteiger partial charge < -0.3 is 0 Å². The lowest BCUT2D eigenvalue weighted by atomic mass is 10.2. The number of aromatic nitrogens is 3. The van der Waals surface area contributed by atoms with Gasteiger partial charge in [-0.15, -0.1) is 6.58 Å². The van der Waals surface area contributed by atoms with Gasteiger partial charge in [-0.2, -0.15) is 0 Å². The maximum Gasteiger partial charge on any atom is 0.269 e. The quantitative estimate of drug-likeness (QED) is 0.589. The summed E-state index contributed by atoms with van der Waals surface area (Å²) in [5.41, 5.74) is 0.454. The summed E-state index contributed by atoms with van der Waals surface area (Å²) in [5.74, 6) is 0.179. The Morgan fingerprint density at radius 3 is 2.74 bits per heavy atom. The van der Waals surface area contributed by atoms with Crippen molar-refractivity contribution in [1.82, 2.24) is 15.0 Å². The first-order valence-corrected chi connectivity index (χ1v) is 9.76. The van der Waals surface area contributed by atoms with Crippen molar-refractivity contribution in [2.24, 2.45) is 0 Å². The molecule has 1 aliphatic heterocycles. The van der Waals surface area contributed by atoms with Gasteiger partial charge in [-0.05, 0) is 12.1 Å². The fourth-order valence-corrected chi connectivity index (χ4v) is 4.23. The molecular weight excluding hydrogens is 340 g/mol. The van der Waals surface area contributed by atoms with Crippen molar-refractivity contribution in [1.29, 1.82) is 0 Å². The summed E-state index contributed by atoms with van der Waals surface area (Å²) in [4.78, 5) is 11.6. The van der Waals surface area contributed by atoms with Crippen LogP contribution in [0.5, 0.6) is 0 Å². The molecule has 0 unspecified atom stereocenters. The van der Waals surface area contributed by atoms with Gasteiger partial charge in [0.25, 0.3) is 10.0 Å². The highest BCUT2D eigenvalue weighted by Gasteiger charge is 2.37. The minimum Gasteiger partial charge on any atom is -0.245 e. The van der Waals surface area contributed by atoms with Crippen molar-refractivity contribution in [2.45, 2.75) is 10.1 Å². The van der Waals surface area contributed by atoms with Crippen LogP contribution >= 0.6 is 0 Å². The maximum atomic E-state index is 12.7. The van der Waals surface area contributed by atoms with Crippen molar-refractivity contribution < 1.29 is 16.8 Å². The van der Waals surface area contributed by atoms with Crippen molar-refractivity contribution >= 4 is 25.7 Å². The van der Waals surface area contributed by atoms with Crippen LogP contribution in [-0.2, 0) is 19.9 Å². The van der Waals surface area contributed by atoms with E-state index < -0.39 is 25.0 Å². The van der Waals surface area contributed by atoms with Crippen molar-refractivity contribution in [3.05, 3.63) is 37.2 Å². The molecular formula is C13H12N4O4S2. The molecule has 8 nitrogen and oxygen atoms in total. The number of hydrogen-bond donors (Lipinski definition) is 0. The third kappa shape index (κ3) is 2.39. The molecule has 2 aromatic heterocycles. The topological polar surface area (TPSA) is 110 Å². The smallest absolute Gasteiger partial charge is 0.245 e. The van der Waals surface area contributed by atoms with E-state index in [0.717, 1.165) is 16.8 Å². The van der Waals surface area contributed by atoms with E-state index in [1.807, 2.05) is 0 Å². The first-order chi connectivity index (χ1) is 10.8. The van der Waals surface area contributed by atoms with Gasteiger partial charge >= 0.3 is 0 Å². The Balaban J connectivity index is 2.38. The minimum atomic E-state index is -3.94. The predicted molar refractivity (Wildman–Crippen MR) is 83.1 cm³/mol. The first kappa shape index (κ1) is 15.6. The van der Waals surface area contributed by atoms with Gasteiger partial charge in [-0.1, -0.05) is 6.08 Å². The van der Waals surface area contributed by atoms with Gasteiger partial charge in [0.2, 0.25) is 15.0 Å². The highest BCUT2D eigenvalue weighted by atomic mass is 32.2. The number of sulfone groups is 1. The highest BCUT2D eigenvalue weighted by Crippen LogP contribution is 2.40. The zero-order valence-corrected chi connectivity index (χ0v) is 13.7.